The molecule has 1 unspecified atom stereocenters. The lowest BCUT2D eigenvalue weighted by molar-refractivity contribution is 0.0367. The number of hydrogen-bond acceptors (Lipinski definition) is 5. The van der Waals surface area contributed by atoms with Crippen LogP contribution in [-0.4, -0.2) is 22.7 Å². The van der Waals surface area contributed by atoms with Crippen LogP contribution >= 0.6 is 11.3 Å². The molecule has 0 aliphatic carbocycles. The lowest BCUT2D eigenvalue weighted by atomic mass is 10.0. The van der Waals surface area contributed by atoms with E-state index >= 15 is 0 Å². The van der Waals surface area contributed by atoms with Crippen molar-refractivity contribution in [2.24, 2.45) is 0 Å². The largest absolute Gasteiger partial charge is 0.466 e. The van der Waals surface area contributed by atoms with Gasteiger partial charge in [0.05, 0.1) is 30.1 Å². The standard InChI is InChI=1S/C15H21N3O3S/c1-10(2)13-18-11(8-22-13)7-16-14(19)17-9-15(3,20)12-5-4-6-21-12/h4-6,8,10,20H,7,9H2,1-3H3,(H2,16,17,19). The minimum Gasteiger partial charge on any atom is -0.466 e. The van der Waals surface area contributed by atoms with Gasteiger partial charge in [-0.15, -0.1) is 11.3 Å². The van der Waals surface area contributed by atoms with E-state index in [0.29, 0.717) is 18.2 Å². The number of carbonyl (C=O) groups is 1. The highest BCUT2D eigenvalue weighted by atomic mass is 32.1. The van der Waals surface area contributed by atoms with Gasteiger partial charge < -0.3 is 20.2 Å². The number of nitrogens with one attached hydrogen (secondary N) is 2. The quantitative estimate of drug-likeness (QED) is 0.762. The fourth-order valence-corrected chi connectivity index (χ4v) is 2.66. The maximum Gasteiger partial charge on any atom is 0.315 e. The molecule has 0 saturated carbocycles. The number of aromatic nitrogens is 1. The van der Waals surface area contributed by atoms with E-state index in [4.69, 9.17) is 4.42 Å². The molecule has 22 heavy (non-hydrogen) atoms. The summed E-state index contributed by atoms with van der Waals surface area (Å²) in [6, 6.07) is 3.01. The average molecular weight is 323 g/mol. The Hall–Kier alpha value is -1.86. The van der Waals surface area contributed by atoms with Crippen molar-refractivity contribution in [3.63, 3.8) is 0 Å². The second kappa shape index (κ2) is 6.93. The van der Waals surface area contributed by atoms with E-state index in [0.717, 1.165) is 10.7 Å². The molecule has 6 nitrogen and oxygen atoms in total. The predicted octanol–water partition coefficient (Wildman–Crippen LogP) is 2.57. The van der Waals surface area contributed by atoms with Gasteiger partial charge >= 0.3 is 6.03 Å². The SMILES string of the molecule is CC(C)c1nc(CNC(=O)NCC(C)(O)c2ccco2)cs1. The minimum absolute atomic E-state index is 0.0562. The van der Waals surface area contributed by atoms with Crippen LogP contribution in [0, 0.1) is 0 Å². The maximum absolute atomic E-state index is 11.8. The van der Waals surface area contributed by atoms with E-state index in [2.05, 4.69) is 29.5 Å². The van der Waals surface area contributed by atoms with Gasteiger partial charge in [-0.3, -0.25) is 0 Å². The van der Waals surface area contributed by atoms with Gasteiger partial charge in [0, 0.05) is 11.3 Å². The first-order valence-electron chi connectivity index (χ1n) is 7.11. The molecule has 0 saturated heterocycles. The van der Waals surface area contributed by atoms with Crippen LogP contribution in [0.25, 0.3) is 0 Å². The molecule has 120 valence electrons. The number of furan rings is 1. The van der Waals surface area contributed by atoms with Gasteiger partial charge in [-0.1, -0.05) is 13.8 Å². The molecular formula is C15H21N3O3S. The van der Waals surface area contributed by atoms with E-state index in [1.165, 1.54) is 6.26 Å². The molecule has 2 heterocycles. The third kappa shape index (κ3) is 4.32. The highest BCUT2D eigenvalue weighted by Crippen LogP contribution is 2.20. The molecule has 0 fully saturated rings. The molecule has 0 spiro atoms. The summed E-state index contributed by atoms with van der Waals surface area (Å²) in [4.78, 5) is 16.2. The van der Waals surface area contributed by atoms with Gasteiger partial charge in [0.25, 0.3) is 0 Å². The maximum atomic E-state index is 11.8. The minimum atomic E-state index is -1.24. The molecule has 0 aliphatic heterocycles. The molecule has 0 aromatic carbocycles. The van der Waals surface area contributed by atoms with Gasteiger partial charge in [0.2, 0.25) is 0 Å². The van der Waals surface area contributed by atoms with Crippen molar-refractivity contribution in [3.05, 3.63) is 40.2 Å². The summed E-state index contributed by atoms with van der Waals surface area (Å²) < 4.78 is 5.15. The average Bonchev–Trinajstić information content (AvgIpc) is 3.13. The molecule has 3 N–H and O–H groups in total. The van der Waals surface area contributed by atoms with Crippen molar-refractivity contribution in [2.75, 3.05) is 6.54 Å². The van der Waals surface area contributed by atoms with Crippen LogP contribution in [0.15, 0.2) is 28.2 Å². The first-order valence-corrected chi connectivity index (χ1v) is 7.99. The normalized spacial score (nSPS) is 13.9. The summed E-state index contributed by atoms with van der Waals surface area (Å²) in [7, 11) is 0. The summed E-state index contributed by atoms with van der Waals surface area (Å²) in [6.07, 6.45) is 1.48. The van der Waals surface area contributed by atoms with Crippen molar-refractivity contribution in [3.8, 4) is 0 Å². The summed E-state index contributed by atoms with van der Waals surface area (Å²) in [5.41, 5.74) is -0.409. The Kier molecular flexibility index (Phi) is 5.20. The van der Waals surface area contributed by atoms with Crippen LogP contribution in [0.4, 0.5) is 4.79 Å². The van der Waals surface area contributed by atoms with E-state index in [-0.39, 0.29) is 12.6 Å². The Morgan fingerprint density at radius 3 is 2.86 bits per heavy atom. The summed E-state index contributed by atoms with van der Waals surface area (Å²) in [6.45, 7) is 6.17. The molecule has 2 aromatic rings. The molecule has 0 bridgehead atoms. The first kappa shape index (κ1) is 16.5. The topological polar surface area (TPSA) is 87.4 Å². The zero-order chi connectivity index (χ0) is 16.2. The number of thiazole rings is 1. The molecule has 7 heteroatoms. The molecular weight excluding hydrogens is 302 g/mol. The number of carbonyl (C=O) groups excluding carboxylic acids is 1. The summed E-state index contributed by atoms with van der Waals surface area (Å²) in [5.74, 6) is 0.796. The lowest BCUT2D eigenvalue weighted by Gasteiger charge is -2.21. The zero-order valence-corrected chi connectivity index (χ0v) is 13.7. The smallest absolute Gasteiger partial charge is 0.315 e. The monoisotopic (exact) mass is 323 g/mol. The van der Waals surface area contributed by atoms with Crippen LogP contribution in [0.1, 0.15) is 43.2 Å². The predicted molar refractivity (Wildman–Crippen MR) is 84.7 cm³/mol. The Labute approximate surface area is 133 Å². The van der Waals surface area contributed by atoms with Gasteiger partial charge in [-0.25, -0.2) is 9.78 Å². The van der Waals surface area contributed by atoms with Gasteiger partial charge in [-0.2, -0.15) is 0 Å². The second-order valence-corrected chi connectivity index (χ2v) is 6.51. The number of aliphatic hydroxyl groups is 1. The van der Waals surface area contributed by atoms with Crippen LogP contribution in [-0.2, 0) is 12.1 Å². The Balaban J connectivity index is 1.78. The molecule has 1 atom stereocenters. The highest BCUT2D eigenvalue weighted by molar-refractivity contribution is 7.09. The van der Waals surface area contributed by atoms with Crippen molar-refractivity contribution in [2.45, 2.75) is 38.8 Å². The van der Waals surface area contributed by atoms with E-state index < -0.39 is 5.60 Å². The van der Waals surface area contributed by atoms with Crippen LogP contribution in [0.5, 0.6) is 0 Å². The lowest BCUT2D eigenvalue weighted by Crippen LogP contribution is -2.43. The number of hydrogen-bond donors (Lipinski definition) is 3. The fourth-order valence-electron chi connectivity index (χ4n) is 1.83. The van der Waals surface area contributed by atoms with Gasteiger partial charge in [-0.05, 0) is 19.1 Å². The highest BCUT2D eigenvalue weighted by Gasteiger charge is 2.26. The third-order valence-corrected chi connectivity index (χ3v) is 4.33. The Morgan fingerprint density at radius 2 is 2.27 bits per heavy atom. The third-order valence-electron chi connectivity index (χ3n) is 3.14. The van der Waals surface area contributed by atoms with Crippen molar-refractivity contribution < 1.29 is 14.3 Å². The summed E-state index contributed by atoms with van der Waals surface area (Å²) in [5, 5.41) is 18.6. The van der Waals surface area contributed by atoms with Crippen LogP contribution < -0.4 is 10.6 Å². The van der Waals surface area contributed by atoms with E-state index in [1.54, 1.807) is 30.4 Å². The molecule has 2 amide bonds. The number of nitrogens with zero attached hydrogens (tertiary/aromatic N) is 1. The van der Waals surface area contributed by atoms with E-state index in [9.17, 15) is 9.90 Å². The first-order chi connectivity index (χ1) is 10.4. The molecule has 2 aromatic heterocycles. The summed E-state index contributed by atoms with van der Waals surface area (Å²) >= 11 is 1.59. The van der Waals surface area contributed by atoms with Gasteiger partial charge in [0.15, 0.2) is 0 Å². The Bertz CT molecular complexity index is 605. The second-order valence-electron chi connectivity index (χ2n) is 5.62. The number of rotatable bonds is 6. The molecule has 2 rings (SSSR count). The van der Waals surface area contributed by atoms with Gasteiger partial charge in [0.1, 0.15) is 11.4 Å². The Morgan fingerprint density at radius 1 is 1.50 bits per heavy atom. The van der Waals surface area contributed by atoms with Crippen molar-refractivity contribution in [1.29, 1.82) is 0 Å². The van der Waals surface area contributed by atoms with Crippen molar-refractivity contribution in [1.82, 2.24) is 15.6 Å². The molecule has 0 radical (unpaired) electrons. The van der Waals surface area contributed by atoms with Crippen LogP contribution in [0.2, 0.25) is 0 Å². The number of amides is 2. The molecule has 0 aliphatic rings. The fraction of sp³-hybridized carbons (Fsp3) is 0.467. The van der Waals surface area contributed by atoms with Crippen LogP contribution in [0.3, 0.4) is 0 Å². The number of urea groups is 1. The zero-order valence-electron chi connectivity index (χ0n) is 12.9. The van der Waals surface area contributed by atoms with E-state index in [1.807, 2.05) is 5.38 Å². The van der Waals surface area contributed by atoms with Crippen molar-refractivity contribution >= 4 is 17.4 Å².